The minimum Gasteiger partial charge on any atom is -0.478 e. The normalized spacial score (nSPS) is 23.0. The Hall–Kier alpha value is -1.23. The lowest BCUT2D eigenvalue weighted by Crippen LogP contribution is -2.27. The highest BCUT2D eigenvalue weighted by molar-refractivity contribution is 8.00. The Kier molecular flexibility index (Phi) is 3.80. The van der Waals surface area contributed by atoms with Crippen molar-refractivity contribution in [1.29, 1.82) is 0 Å². The zero-order valence-electron chi connectivity index (χ0n) is 10.2. The lowest BCUT2D eigenvalue weighted by molar-refractivity contribution is 0.0693. The number of nitrogens with one attached hydrogen (secondary N) is 1. The number of aromatic carboxylic acids is 1. The van der Waals surface area contributed by atoms with E-state index in [2.05, 4.69) is 12.2 Å². The molecular weight excluding hydrogens is 253 g/mol. The molecule has 98 valence electrons. The molecule has 1 aliphatic rings. The minimum absolute atomic E-state index is 0.113. The molecule has 2 rings (SSSR count). The molecule has 0 spiro atoms. The number of rotatable bonds is 4. The van der Waals surface area contributed by atoms with E-state index in [9.17, 15) is 9.18 Å². The van der Waals surface area contributed by atoms with Gasteiger partial charge in [0.25, 0.3) is 0 Å². The van der Waals surface area contributed by atoms with Crippen molar-refractivity contribution >= 4 is 23.4 Å². The number of carbonyl (C=O) groups is 1. The monoisotopic (exact) mass is 269 g/mol. The number of thioether (sulfide) groups is 1. The average Bonchev–Trinajstić information content (AvgIpc) is 2.73. The summed E-state index contributed by atoms with van der Waals surface area (Å²) in [5, 5.41) is 12.1. The van der Waals surface area contributed by atoms with Crippen LogP contribution >= 0.6 is 11.8 Å². The fraction of sp³-hybridized carbons (Fsp3) is 0.462. The van der Waals surface area contributed by atoms with E-state index in [0.29, 0.717) is 12.2 Å². The molecule has 0 bridgehead atoms. The zero-order valence-corrected chi connectivity index (χ0v) is 11.0. The van der Waals surface area contributed by atoms with Crippen molar-refractivity contribution in [2.24, 2.45) is 0 Å². The third-order valence-corrected chi connectivity index (χ3v) is 4.72. The molecule has 3 nitrogen and oxygen atoms in total. The maximum atomic E-state index is 13.5. The Labute approximate surface area is 110 Å². The van der Waals surface area contributed by atoms with Crippen LogP contribution in [-0.4, -0.2) is 28.1 Å². The third-order valence-electron chi connectivity index (χ3n) is 3.18. The van der Waals surface area contributed by atoms with Gasteiger partial charge in [0.05, 0.1) is 5.69 Å². The number of halogens is 1. The van der Waals surface area contributed by atoms with Gasteiger partial charge < -0.3 is 10.4 Å². The number of anilines is 1. The molecule has 0 aliphatic carbocycles. The third kappa shape index (κ3) is 2.77. The lowest BCUT2D eigenvalue weighted by atomic mass is 10.1. The summed E-state index contributed by atoms with van der Waals surface area (Å²) in [6, 6.07) is 4.30. The van der Waals surface area contributed by atoms with Gasteiger partial charge in [0.1, 0.15) is 11.4 Å². The molecule has 1 unspecified atom stereocenters. The highest BCUT2D eigenvalue weighted by atomic mass is 32.2. The van der Waals surface area contributed by atoms with Gasteiger partial charge in [-0.15, -0.1) is 0 Å². The summed E-state index contributed by atoms with van der Waals surface area (Å²) in [6.07, 6.45) is 2.28. The van der Waals surface area contributed by atoms with Crippen LogP contribution in [0.2, 0.25) is 0 Å². The minimum atomic E-state index is -1.24. The highest BCUT2D eigenvalue weighted by Gasteiger charge is 2.29. The first-order chi connectivity index (χ1) is 8.52. The van der Waals surface area contributed by atoms with Gasteiger partial charge in [-0.05, 0) is 37.7 Å². The molecule has 1 fully saturated rings. The molecule has 1 saturated heterocycles. The molecule has 0 radical (unpaired) electrons. The molecule has 0 aromatic heterocycles. The summed E-state index contributed by atoms with van der Waals surface area (Å²) in [7, 11) is 0. The van der Waals surface area contributed by atoms with Gasteiger partial charge in [-0.25, -0.2) is 9.18 Å². The van der Waals surface area contributed by atoms with Crippen molar-refractivity contribution in [3.8, 4) is 0 Å². The predicted molar refractivity (Wildman–Crippen MR) is 71.9 cm³/mol. The summed E-state index contributed by atoms with van der Waals surface area (Å²) in [4.78, 5) is 11.0. The quantitative estimate of drug-likeness (QED) is 0.881. The van der Waals surface area contributed by atoms with E-state index >= 15 is 0 Å². The van der Waals surface area contributed by atoms with Gasteiger partial charge >= 0.3 is 5.97 Å². The Morgan fingerprint density at radius 2 is 2.39 bits per heavy atom. The van der Waals surface area contributed by atoms with E-state index in [1.54, 1.807) is 6.07 Å². The van der Waals surface area contributed by atoms with Gasteiger partial charge in [0.2, 0.25) is 0 Å². The van der Waals surface area contributed by atoms with Crippen LogP contribution in [-0.2, 0) is 0 Å². The number of hydrogen-bond acceptors (Lipinski definition) is 3. The second-order valence-electron chi connectivity index (χ2n) is 4.72. The van der Waals surface area contributed by atoms with Gasteiger partial charge in [-0.2, -0.15) is 11.8 Å². The summed E-state index contributed by atoms with van der Waals surface area (Å²) in [6.45, 7) is 2.80. The standard InChI is InChI=1S/C13H16FNO2S/c1-13(6-3-7-18-13)8-15-10-5-2-4-9(14)11(10)12(16)17/h2,4-5,15H,3,6-8H2,1H3,(H,16,17). The van der Waals surface area contributed by atoms with Gasteiger partial charge in [-0.3, -0.25) is 0 Å². The lowest BCUT2D eigenvalue weighted by Gasteiger charge is -2.24. The molecule has 1 aromatic rings. The van der Waals surface area contributed by atoms with Gasteiger partial charge in [0, 0.05) is 11.3 Å². The molecule has 18 heavy (non-hydrogen) atoms. The maximum Gasteiger partial charge on any atom is 0.340 e. The number of benzene rings is 1. The van der Waals surface area contributed by atoms with E-state index in [0.717, 1.165) is 12.2 Å². The van der Waals surface area contributed by atoms with Crippen molar-refractivity contribution in [2.75, 3.05) is 17.6 Å². The first kappa shape index (κ1) is 13.2. The summed E-state index contributed by atoms with van der Waals surface area (Å²) < 4.78 is 13.6. The SMILES string of the molecule is CC1(CNc2cccc(F)c2C(=O)O)CCCS1. The topological polar surface area (TPSA) is 49.3 Å². The van der Waals surface area contributed by atoms with Crippen molar-refractivity contribution in [3.05, 3.63) is 29.6 Å². The van der Waals surface area contributed by atoms with E-state index < -0.39 is 11.8 Å². The maximum absolute atomic E-state index is 13.5. The Morgan fingerprint density at radius 3 is 3.00 bits per heavy atom. The van der Waals surface area contributed by atoms with Crippen molar-refractivity contribution < 1.29 is 14.3 Å². The van der Waals surface area contributed by atoms with Crippen LogP contribution in [0, 0.1) is 5.82 Å². The van der Waals surface area contributed by atoms with Crippen LogP contribution in [0.3, 0.4) is 0 Å². The summed E-state index contributed by atoms with van der Waals surface area (Å²) >= 11 is 1.88. The average molecular weight is 269 g/mol. The molecule has 2 N–H and O–H groups in total. The van der Waals surface area contributed by atoms with Crippen LogP contribution in [0.1, 0.15) is 30.1 Å². The molecule has 1 atom stereocenters. The smallest absolute Gasteiger partial charge is 0.340 e. The second-order valence-corrected chi connectivity index (χ2v) is 6.41. The first-order valence-electron chi connectivity index (χ1n) is 5.91. The van der Waals surface area contributed by atoms with Crippen molar-refractivity contribution in [3.63, 3.8) is 0 Å². The molecule has 1 aliphatic heterocycles. The fourth-order valence-electron chi connectivity index (χ4n) is 2.15. The van der Waals surface area contributed by atoms with Crippen molar-refractivity contribution in [1.82, 2.24) is 0 Å². The van der Waals surface area contributed by atoms with Crippen LogP contribution < -0.4 is 5.32 Å². The van der Waals surface area contributed by atoms with E-state index in [1.165, 1.54) is 18.6 Å². The fourth-order valence-corrected chi connectivity index (χ4v) is 3.39. The highest BCUT2D eigenvalue weighted by Crippen LogP contribution is 2.37. The Morgan fingerprint density at radius 1 is 1.61 bits per heavy atom. The van der Waals surface area contributed by atoms with E-state index in [4.69, 9.17) is 5.11 Å². The molecule has 0 saturated carbocycles. The van der Waals surface area contributed by atoms with Crippen LogP contribution in [0.5, 0.6) is 0 Å². The number of hydrogen-bond donors (Lipinski definition) is 2. The number of carboxylic acids is 1. The second kappa shape index (κ2) is 5.18. The molecular formula is C13H16FNO2S. The van der Waals surface area contributed by atoms with Crippen LogP contribution in [0.4, 0.5) is 10.1 Å². The molecule has 1 heterocycles. The molecule has 5 heteroatoms. The number of carboxylic acid groups (broad SMARTS) is 1. The van der Waals surface area contributed by atoms with Gasteiger partial charge in [0.15, 0.2) is 0 Å². The zero-order chi connectivity index (χ0) is 13.2. The van der Waals surface area contributed by atoms with Crippen molar-refractivity contribution in [2.45, 2.75) is 24.5 Å². The molecule has 1 aromatic carbocycles. The largest absolute Gasteiger partial charge is 0.478 e. The van der Waals surface area contributed by atoms with Crippen LogP contribution in [0.15, 0.2) is 18.2 Å². The Bertz CT molecular complexity index is 458. The van der Waals surface area contributed by atoms with E-state index in [-0.39, 0.29) is 10.3 Å². The van der Waals surface area contributed by atoms with Crippen LogP contribution in [0.25, 0.3) is 0 Å². The Balaban J connectivity index is 2.14. The molecule has 0 amide bonds. The van der Waals surface area contributed by atoms with E-state index in [1.807, 2.05) is 11.8 Å². The summed E-state index contributed by atoms with van der Waals surface area (Å²) in [5.74, 6) is -0.802. The summed E-state index contributed by atoms with van der Waals surface area (Å²) in [5.41, 5.74) is 0.0836. The van der Waals surface area contributed by atoms with Gasteiger partial charge in [-0.1, -0.05) is 6.07 Å². The predicted octanol–water partition coefficient (Wildman–Crippen LogP) is 3.22. The first-order valence-corrected chi connectivity index (χ1v) is 6.90.